The molecule has 0 aliphatic heterocycles. The van der Waals surface area contributed by atoms with Crippen LogP contribution < -0.4 is 20.9 Å². The lowest BCUT2D eigenvalue weighted by molar-refractivity contribution is 0.0725. The molecule has 0 atom stereocenters. The van der Waals surface area contributed by atoms with Gasteiger partial charge in [-0.1, -0.05) is 12.1 Å². The highest BCUT2D eigenvalue weighted by Crippen LogP contribution is 2.26. The Kier molecular flexibility index (Phi) is 5.05. The highest BCUT2D eigenvalue weighted by molar-refractivity contribution is 5.94. The van der Waals surface area contributed by atoms with E-state index in [4.69, 9.17) is 20.9 Å². The van der Waals surface area contributed by atoms with Gasteiger partial charge in [0.1, 0.15) is 11.5 Å². The van der Waals surface area contributed by atoms with Crippen molar-refractivity contribution < 1.29 is 19.1 Å². The molecule has 4 aromatic carbocycles. The first-order valence-corrected chi connectivity index (χ1v) is 9.17. The van der Waals surface area contributed by atoms with Crippen LogP contribution in [0.2, 0.25) is 0 Å². The maximum Gasteiger partial charge on any atom is 0.343 e. The first-order valence-electron chi connectivity index (χ1n) is 9.17. The molecule has 148 valence electrons. The molecule has 0 amide bonds. The summed E-state index contributed by atoms with van der Waals surface area (Å²) in [6.45, 7) is 0. The first-order chi connectivity index (χ1) is 14.5. The molecule has 4 rings (SSSR count). The van der Waals surface area contributed by atoms with Crippen molar-refractivity contribution >= 4 is 34.1 Å². The zero-order valence-corrected chi connectivity index (χ0v) is 15.9. The van der Waals surface area contributed by atoms with E-state index < -0.39 is 11.9 Å². The number of rotatable bonds is 4. The standard InChI is InChI=1S/C24H18N2O4/c25-19-7-1-15(2-8-19)23(27)29-21-11-5-18-14-22(12-6-17(18)13-21)30-24(28)16-3-9-20(26)10-4-16/h1-14H,25-26H2. The number of ether oxygens (including phenoxy) is 2. The van der Waals surface area contributed by atoms with Crippen LogP contribution in [-0.2, 0) is 0 Å². The maximum absolute atomic E-state index is 12.3. The molecule has 0 aliphatic carbocycles. The molecule has 0 heterocycles. The molecule has 4 N–H and O–H groups in total. The van der Waals surface area contributed by atoms with E-state index >= 15 is 0 Å². The van der Waals surface area contributed by atoms with E-state index in [1.165, 1.54) is 0 Å². The van der Waals surface area contributed by atoms with E-state index in [1.54, 1.807) is 84.9 Å². The Balaban J connectivity index is 1.49. The van der Waals surface area contributed by atoms with Gasteiger partial charge >= 0.3 is 11.9 Å². The summed E-state index contributed by atoms with van der Waals surface area (Å²) in [6.07, 6.45) is 0. The van der Waals surface area contributed by atoms with Gasteiger partial charge in [0, 0.05) is 11.4 Å². The molecule has 6 heteroatoms. The highest BCUT2D eigenvalue weighted by Gasteiger charge is 2.11. The number of nitrogens with two attached hydrogens (primary N) is 2. The van der Waals surface area contributed by atoms with Crippen LogP contribution >= 0.6 is 0 Å². The molecule has 0 radical (unpaired) electrons. The minimum absolute atomic E-state index is 0.411. The summed E-state index contributed by atoms with van der Waals surface area (Å²) < 4.78 is 10.9. The largest absolute Gasteiger partial charge is 0.423 e. The van der Waals surface area contributed by atoms with Crippen LogP contribution in [0.25, 0.3) is 10.8 Å². The van der Waals surface area contributed by atoms with Gasteiger partial charge < -0.3 is 20.9 Å². The average molecular weight is 398 g/mol. The fraction of sp³-hybridized carbons (Fsp3) is 0. The Morgan fingerprint density at radius 2 is 0.900 bits per heavy atom. The van der Waals surface area contributed by atoms with E-state index in [0.29, 0.717) is 34.0 Å². The molecule has 30 heavy (non-hydrogen) atoms. The van der Waals surface area contributed by atoms with Crippen LogP contribution in [0.15, 0.2) is 84.9 Å². The van der Waals surface area contributed by atoms with Crippen LogP contribution in [0.3, 0.4) is 0 Å². The van der Waals surface area contributed by atoms with E-state index in [0.717, 1.165) is 10.8 Å². The third-order valence-electron chi connectivity index (χ3n) is 4.50. The van der Waals surface area contributed by atoms with Gasteiger partial charge in [-0.05, 0) is 83.6 Å². The van der Waals surface area contributed by atoms with Crippen LogP contribution in [0.4, 0.5) is 11.4 Å². The second-order valence-electron chi connectivity index (χ2n) is 6.69. The summed E-state index contributed by atoms with van der Waals surface area (Å²) in [5.74, 6) is -0.112. The number of hydrogen-bond acceptors (Lipinski definition) is 6. The monoisotopic (exact) mass is 398 g/mol. The smallest absolute Gasteiger partial charge is 0.343 e. The molecule has 0 spiro atoms. The molecule has 0 bridgehead atoms. The van der Waals surface area contributed by atoms with Gasteiger partial charge in [-0.2, -0.15) is 0 Å². The molecule has 0 unspecified atom stereocenters. The minimum atomic E-state index is -0.469. The van der Waals surface area contributed by atoms with Crippen molar-refractivity contribution in [3.63, 3.8) is 0 Å². The molecular weight excluding hydrogens is 380 g/mol. The number of carbonyl (C=O) groups excluding carboxylic acids is 2. The summed E-state index contributed by atoms with van der Waals surface area (Å²) in [7, 11) is 0. The second-order valence-corrected chi connectivity index (χ2v) is 6.69. The van der Waals surface area contributed by atoms with Gasteiger partial charge in [-0.25, -0.2) is 9.59 Å². The van der Waals surface area contributed by atoms with Gasteiger partial charge in [-0.3, -0.25) is 0 Å². The Hall–Kier alpha value is -4.32. The average Bonchev–Trinajstić information content (AvgIpc) is 2.74. The Bertz CT molecular complexity index is 1130. The van der Waals surface area contributed by atoms with E-state index in [2.05, 4.69) is 0 Å². The number of carbonyl (C=O) groups is 2. The molecule has 0 saturated heterocycles. The lowest BCUT2D eigenvalue weighted by atomic mass is 10.1. The summed E-state index contributed by atoms with van der Waals surface area (Å²) in [6, 6.07) is 23.5. The van der Waals surface area contributed by atoms with E-state index in [9.17, 15) is 9.59 Å². The number of fused-ring (bicyclic) bond motifs is 1. The second kappa shape index (κ2) is 7.97. The predicted octanol–water partition coefficient (Wildman–Crippen LogP) is 4.44. The summed E-state index contributed by atoms with van der Waals surface area (Å²) >= 11 is 0. The summed E-state index contributed by atoms with van der Waals surface area (Å²) in [5, 5.41) is 1.68. The SMILES string of the molecule is Nc1ccc(C(=O)Oc2ccc3cc(OC(=O)c4ccc(N)cc4)ccc3c2)cc1. The summed E-state index contributed by atoms with van der Waals surface area (Å²) in [5.41, 5.74) is 13.2. The number of nitrogen functional groups attached to an aromatic ring is 2. The van der Waals surface area contributed by atoms with Crippen molar-refractivity contribution in [3.8, 4) is 11.5 Å². The van der Waals surface area contributed by atoms with Crippen molar-refractivity contribution in [1.29, 1.82) is 0 Å². The number of benzene rings is 4. The quantitative estimate of drug-likeness (QED) is 0.299. The van der Waals surface area contributed by atoms with E-state index in [1.807, 2.05) is 0 Å². The van der Waals surface area contributed by atoms with Crippen molar-refractivity contribution in [3.05, 3.63) is 96.1 Å². The third kappa shape index (κ3) is 4.23. The predicted molar refractivity (Wildman–Crippen MR) is 116 cm³/mol. The van der Waals surface area contributed by atoms with Gasteiger partial charge in [0.05, 0.1) is 11.1 Å². The van der Waals surface area contributed by atoms with Gasteiger partial charge in [0.15, 0.2) is 0 Å². The fourth-order valence-electron chi connectivity index (χ4n) is 2.90. The molecule has 0 aliphatic rings. The van der Waals surface area contributed by atoms with Gasteiger partial charge in [0.2, 0.25) is 0 Å². The molecular formula is C24H18N2O4. The normalized spacial score (nSPS) is 10.5. The summed E-state index contributed by atoms with van der Waals surface area (Å²) in [4.78, 5) is 24.5. The number of anilines is 2. The van der Waals surface area contributed by atoms with E-state index in [-0.39, 0.29) is 0 Å². The molecule has 4 aromatic rings. The van der Waals surface area contributed by atoms with Crippen molar-refractivity contribution in [2.24, 2.45) is 0 Å². The number of esters is 2. The molecule has 6 nitrogen and oxygen atoms in total. The Labute approximate surface area is 172 Å². The number of hydrogen-bond donors (Lipinski definition) is 2. The Morgan fingerprint density at radius 1 is 0.533 bits per heavy atom. The van der Waals surface area contributed by atoms with Gasteiger partial charge in [-0.15, -0.1) is 0 Å². The molecule has 0 fully saturated rings. The first kappa shape index (κ1) is 19.0. The van der Waals surface area contributed by atoms with Crippen LogP contribution in [0.5, 0.6) is 11.5 Å². The van der Waals surface area contributed by atoms with Gasteiger partial charge in [0.25, 0.3) is 0 Å². The topological polar surface area (TPSA) is 105 Å². The highest BCUT2D eigenvalue weighted by atomic mass is 16.5. The van der Waals surface area contributed by atoms with Crippen LogP contribution in [-0.4, -0.2) is 11.9 Å². The lowest BCUT2D eigenvalue weighted by Crippen LogP contribution is -2.09. The maximum atomic E-state index is 12.3. The third-order valence-corrected chi connectivity index (χ3v) is 4.50. The molecule has 0 aromatic heterocycles. The molecule has 0 saturated carbocycles. The van der Waals surface area contributed by atoms with Crippen molar-refractivity contribution in [2.45, 2.75) is 0 Å². The van der Waals surface area contributed by atoms with Crippen molar-refractivity contribution in [1.82, 2.24) is 0 Å². The fourth-order valence-corrected chi connectivity index (χ4v) is 2.90. The lowest BCUT2D eigenvalue weighted by Gasteiger charge is -2.08. The Morgan fingerprint density at radius 3 is 1.27 bits per heavy atom. The zero-order valence-electron chi connectivity index (χ0n) is 15.9. The van der Waals surface area contributed by atoms with Crippen LogP contribution in [0, 0.1) is 0 Å². The minimum Gasteiger partial charge on any atom is -0.423 e. The van der Waals surface area contributed by atoms with Crippen molar-refractivity contribution in [2.75, 3.05) is 11.5 Å². The zero-order chi connectivity index (χ0) is 21.1. The van der Waals surface area contributed by atoms with Crippen LogP contribution in [0.1, 0.15) is 20.7 Å².